The summed E-state index contributed by atoms with van der Waals surface area (Å²) in [6.07, 6.45) is 4.75. The molecule has 0 aromatic heterocycles. The highest BCUT2D eigenvalue weighted by Crippen LogP contribution is 2.56. The molecule has 1 N–H and O–H groups in total. The minimum Gasteiger partial charge on any atom is -0.317 e. The number of rotatable bonds is 1. The maximum atomic E-state index is 13.9. The molecule has 1 saturated heterocycles. The molecule has 0 amide bonds. The van der Waals surface area contributed by atoms with E-state index in [2.05, 4.69) is 5.32 Å². The van der Waals surface area contributed by atoms with Gasteiger partial charge in [0.05, 0.1) is 5.02 Å². The number of hydrogen-bond acceptors (Lipinski definition) is 1. The molecule has 0 radical (unpaired) electrons. The third-order valence-corrected chi connectivity index (χ3v) is 4.74. The molecule has 1 aromatic rings. The van der Waals surface area contributed by atoms with Crippen LogP contribution in [0.2, 0.25) is 5.02 Å². The monoisotopic (exact) mass is 253 g/mol. The lowest BCUT2D eigenvalue weighted by Crippen LogP contribution is -2.44. The second kappa shape index (κ2) is 4.25. The predicted molar refractivity (Wildman–Crippen MR) is 67.9 cm³/mol. The Kier molecular flexibility index (Phi) is 2.87. The zero-order valence-corrected chi connectivity index (χ0v) is 10.6. The molecule has 2 fully saturated rings. The Bertz CT molecular complexity index is 418. The summed E-state index contributed by atoms with van der Waals surface area (Å²) < 4.78 is 13.9. The van der Waals surface area contributed by atoms with Crippen LogP contribution in [0.5, 0.6) is 0 Å². The van der Waals surface area contributed by atoms with Crippen molar-refractivity contribution in [1.29, 1.82) is 0 Å². The summed E-state index contributed by atoms with van der Waals surface area (Å²) in [6, 6.07) is 5.37. The Morgan fingerprint density at radius 3 is 2.65 bits per heavy atom. The van der Waals surface area contributed by atoms with Crippen LogP contribution in [0.4, 0.5) is 4.39 Å². The van der Waals surface area contributed by atoms with E-state index in [0.29, 0.717) is 11.3 Å². The molecule has 1 saturated carbocycles. The van der Waals surface area contributed by atoms with Gasteiger partial charge in [0.15, 0.2) is 0 Å². The molecule has 1 aliphatic heterocycles. The van der Waals surface area contributed by atoms with Crippen molar-refractivity contribution in [2.24, 2.45) is 5.41 Å². The van der Waals surface area contributed by atoms with Gasteiger partial charge < -0.3 is 5.32 Å². The molecular formula is C14H17ClFN. The van der Waals surface area contributed by atoms with Crippen molar-refractivity contribution in [2.45, 2.75) is 31.6 Å². The normalized spacial score (nSPS) is 23.6. The highest BCUT2D eigenvalue weighted by atomic mass is 35.5. The number of benzene rings is 1. The summed E-state index contributed by atoms with van der Waals surface area (Å²) in [4.78, 5) is 0. The summed E-state index contributed by atoms with van der Waals surface area (Å²) in [5, 5.41) is 3.65. The molecule has 17 heavy (non-hydrogen) atoms. The van der Waals surface area contributed by atoms with E-state index < -0.39 is 0 Å². The van der Waals surface area contributed by atoms with Crippen molar-refractivity contribution >= 4 is 11.6 Å². The van der Waals surface area contributed by atoms with Gasteiger partial charge in [-0.3, -0.25) is 0 Å². The van der Waals surface area contributed by atoms with Crippen LogP contribution in [0.25, 0.3) is 0 Å². The van der Waals surface area contributed by atoms with Crippen LogP contribution >= 0.6 is 11.6 Å². The Morgan fingerprint density at radius 2 is 1.94 bits per heavy atom. The van der Waals surface area contributed by atoms with Gasteiger partial charge in [-0.2, -0.15) is 0 Å². The summed E-state index contributed by atoms with van der Waals surface area (Å²) in [5.74, 6) is 0.176. The summed E-state index contributed by atoms with van der Waals surface area (Å²) >= 11 is 5.83. The maximum absolute atomic E-state index is 13.9. The first-order chi connectivity index (χ1) is 8.20. The lowest BCUT2D eigenvalue weighted by atomic mass is 9.56. The van der Waals surface area contributed by atoms with Crippen LogP contribution in [-0.2, 0) is 0 Å². The van der Waals surface area contributed by atoms with E-state index in [4.69, 9.17) is 11.6 Å². The average molecular weight is 254 g/mol. The van der Waals surface area contributed by atoms with E-state index in [1.165, 1.54) is 12.8 Å². The van der Waals surface area contributed by atoms with E-state index in [9.17, 15) is 4.39 Å². The van der Waals surface area contributed by atoms with Crippen molar-refractivity contribution in [2.75, 3.05) is 13.1 Å². The van der Waals surface area contributed by atoms with Gasteiger partial charge >= 0.3 is 0 Å². The molecular weight excluding hydrogens is 237 g/mol. The van der Waals surface area contributed by atoms with Gasteiger partial charge in [-0.05, 0) is 61.7 Å². The first-order valence-corrected chi connectivity index (χ1v) is 6.73. The van der Waals surface area contributed by atoms with Crippen molar-refractivity contribution in [3.8, 4) is 0 Å². The SMILES string of the molecule is Fc1c(Cl)cccc1C1CC2(CCNCC2)C1. The minimum absolute atomic E-state index is 0.206. The van der Waals surface area contributed by atoms with Crippen LogP contribution in [0.15, 0.2) is 18.2 Å². The quantitative estimate of drug-likeness (QED) is 0.804. The van der Waals surface area contributed by atoms with Crippen LogP contribution in [0.1, 0.15) is 37.2 Å². The molecule has 1 aliphatic carbocycles. The summed E-state index contributed by atoms with van der Waals surface area (Å²) in [5.41, 5.74) is 1.31. The molecule has 1 aromatic carbocycles. The van der Waals surface area contributed by atoms with Gasteiger partial charge in [0.25, 0.3) is 0 Å². The standard InChI is InChI=1S/C14H17ClFN/c15-12-3-1-2-11(13(12)16)10-8-14(9-10)4-6-17-7-5-14/h1-3,10,17H,4-9H2. The smallest absolute Gasteiger partial charge is 0.145 e. The number of hydrogen-bond donors (Lipinski definition) is 1. The fourth-order valence-electron chi connectivity index (χ4n) is 3.41. The zero-order chi connectivity index (χ0) is 11.9. The lowest BCUT2D eigenvalue weighted by Gasteiger charge is -2.50. The topological polar surface area (TPSA) is 12.0 Å². The van der Waals surface area contributed by atoms with Gasteiger partial charge in [-0.15, -0.1) is 0 Å². The Labute approximate surface area is 106 Å². The van der Waals surface area contributed by atoms with Crippen LogP contribution in [-0.4, -0.2) is 13.1 Å². The van der Waals surface area contributed by atoms with E-state index in [1.807, 2.05) is 12.1 Å². The van der Waals surface area contributed by atoms with E-state index in [1.54, 1.807) is 6.07 Å². The van der Waals surface area contributed by atoms with Gasteiger partial charge in [0.2, 0.25) is 0 Å². The zero-order valence-electron chi connectivity index (χ0n) is 9.81. The van der Waals surface area contributed by atoms with Crippen LogP contribution in [0.3, 0.4) is 0 Å². The van der Waals surface area contributed by atoms with Gasteiger partial charge in [0.1, 0.15) is 5.82 Å². The van der Waals surface area contributed by atoms with Gasteiger partial charge in [-0.1, -0.05) is 23.7 Å². The van der Waals surface area contributed by atoms with Crippen molar-refractivity contribution in [3.05, 3.63) is 34.6 Å². The van der Waals surface area contributed by atoms with Crippen molar-refractivity contribution < 1.29 is 4.39 Å². The Balaban J connectivity index is 1.74. The van der Waals surface area contributed by atoms with Crippen LogP contribution in [0, 0.1) is 11.2 Å². The molecule has 0 bridgehead atoms. The number of nitrogens with one attached hydrogen (secondary N) is 1. The lowest BCUT2D eigenvalue weighted by molar-refractivity contribution is 0.0589. The van der Waals surface area contributed by atoms with Crippen molar-refractivity contribution in [3.63, 3.8) is 0 Å². The molecule has 0 atom stereocenters. The molecule has 1 nitrogen and oxygen atoms in total. The Hall–Kier alpha value is -0.600. The highest BCUT2D eigenvalue weighted by molar-refractivity contribution is 6.30. The second-order valence-electron chi connectivity index (χ2n) is 5.50. The minimum atomic E-state index is -0.206. The first kappa shape index (κ1) is 11.5. The Morgan fingerprint density at radius 1 is 1.24 bits per heavy atom. The fourth-order valence-corrected chi connectivity index (χ4v) is 3.59. The highest BCUT2D eigenvalue weighted by Gasteiger charge is 2.45. The molecule has 2 aliphatic rings. The molecule has 3 heteroatoms. The van der Waals surface area contributed by atoms with E-state index in [-0.39, 0.29) is 10.8 Å². The third-order valence-electron chi connectivity index (χ3n) is 4.44. The van der Waals surface area contributed by atoms with Gasteiger partial charge in [0, 0.05) is 0 Å². The fraction of sp³-hybridized carbons (Fsp3) is 0.571. The second-order valence-corrected chi connectivity index (χ2v) is 5.91. The number of piperidine rings is 1. The summed E-state index contributed by atoms with van der Waals surface area (Å²) in [6.45, 7) is 2.23. The predicted octanol–water partition coefficient (Wildman–Crippen LogP) is 3.73. The molecule has 1 heterocycles. The number of halogens is 2. The maximum Gasteiger partial charge on any atom is 0.145 e. The molecule has 92 valence electrons. The van der Waals surface area contributed by atoms with Crippen LogP contribution < -0.4 is 5.32 Å². The van der Waals surface area contributed by atoms with Gasteiger partial charge in [-0.25, -0.2) is 4.39 Å². The molecule has 0 unspecified atom stereocenters. The largest absolute Gasteiger partial charge is 0.317 e. The molecule has 1 spiro atoms. The average Bonchev–Trinajstić information content (AvgIpc) is 2.31. The third kappa shape index (κ3) is 1.98. The van der Waals surface area contributed by atoms with E-state index in [0.717, 1.165) is 31.5 Å². The van der Waals surface area contributed by atoms with Crippen molar-refractivity contribution in [1.82, 2.24) is 5.32 Å². The van der Waals surface area contributed by atoms with E-state index >= 15 is 0 Å². The first-order valence-electron chi connectivity index (χ1n) is 6.35. The summed E-state index contributed by atoms with van der Waals surface area (Å²) in [7, 11) is 0. The molecule has 3 rings (SSSR count).